The highest BCUT2D eigenvalue weighted by atomic mass is 31.1. The van der Waals surface area contributed by atoms with Crippen LogP contribution in [0.3, 0.4) is 0 Å². The van der Waals surface area contributed by atoms with Gasteiger partial charge in [-0.25, -0.2) is 0 Å². The van der Waals surface area contributed by atoms with Gasteiger partial charge in [0, 0.05) is 6.08 Å². The lowest BCUT2D eigenvalue weighted by Crippen LogP contribution is -1.89. The van der Waals surface area contributed by atoms with E-state index in [0.29, 0.717) is 0 Å². The van der Waals surface area contributed by atoms with Gasteiger partial charge in [0.25, 0.3) is 0 Å². The molecular formula is C3H3O3P. The summed E-state index contributed by atoms with van der Waals surface area (Å²) in [5.41, 5.74) is -0.0359. The van der Waals surface area contributed by atoms with Crippen molar-refractivity contribution in [2.45, 2.75) is 0 Å². The smallest absolute Gasteiger partial charge is 0.208 e. The van der Waals surface area contributed by atoms with Crippen LogP contribution >= 0.6 is 8.81 Å². The van der Waals surface area contributed by atoms with Crippen LogP contribution in [0.5, 0.6) is 0 Å². The first-order valence-corrected chi connectivity index (χ1v) is 2.59. The van der Waals surface area contributed by atoms with Crippen LogP contribution in [0.15, 0.2) is 12.3 Å². The van der Waals surface area contributed by atoms with Crippen molar-refractivity contribution in [1.82, 2.24) is 0 Å². The second kappa shape index (κ2) is 2.05. The fourth-order valence-corrected chi connectivity index (χ4v) is 0.538. The predicted octanol–water partition coefficient (Wildman–Crippen LogP) is 0.582. The van der Waals surface area contributed by atoms with Crippen molar-refractivity contribution in [2.24, 2.45) is 0 Å². The molecule has 1 unspecified atom stereocenters. The van der Waals surface area contributed by atoms with Crippen molar-refractivity contribution < 1.29 is 14.4 Å². The molecule has 0 bridgehead atoms. The van der Waals surface area contributed by atoms with Crippen molar-refractivity contribution in [3.8, 4) is 0 Å². The van der Waals surface area contributed by atoms with E-state index in [1.165, 1.54) is 12.3 Å². The largest absolute Gasteiger partial charge is 0.342 e. The zero-order valence-corrected chi connectivity index (χ0v) is 4.38. The molecule has 0 amide bonds. The van der Waals surface area contributed by atoms with Gasteiger partial charge in [-0.3, -0.25) is 4.79 Å². The summed E-state index contributed by atoms with van der Waals surface area (Å²) in [6.45, 7) is 0. The molecule has 0 aromatic rings. The van der Waals surface area contributed by atoms with Crippen molar-refractivity contribution in [3.63, 3.8) is 0 Å². The van der Waals surface area contributed by atoms with E-state index in [9.17, 15) is 4.79 Å². The number of carbonyl (C=O) groups excluding carboxylic acids is 1. The van der Waals surface area contributed by atoms with Crippen molar-refractivity contribution in [2.75, 3.05) is 0 Å². The Morgan fingerprint density at radius 3 is 2.86 bits per heavy atom. The third-order valence-corrected chi connectivity index (χ3v) is 1.01. The highest BCUT2D eigenvalue weighted by molar-refractivity contribution is 7.53. The Labute approximate surface area is 42.1 Å². The minimum absolute atomic E-state index is 0.0359. The summed E-state index contributed by atoms with van der Waals surface area (Å²) in [5, 5.41) is 0. The van der Waals surface area contributed by atoms with Gasteiger partial charge in [0.15, 0.2) is 0 Å². The molecule has 1 aliphatic rings. The molecule has 1 aliphatic heterocycles. The van der Waals surface area contributed by atoms with Crippen molar-refractivity contribution in [3.05, 3.63) is 12.3 Å². The predicted molar refractivity (Wildman–Crippen MR) is 24.6 cm³/mol. The molecule has 1 atom stereocenters. The van der Waals surface area contributed by atoms with E-state index >= 15 is 0 Å². The minimum atomic E-state index is -0.172. The third-order valence-electron chi connectivity index (χ3n) is 0.465. The van der Waals surface area contributed by atoms with Crippen LogP contribution in [0.4, 0.5) is 0 Å². The maximum atomic E-state index is 10.2. The molecule has 0 fully saturated rings. The van der Waals surface area contributed by atoms with Gasteiger partial charge < -0.3 is 4.89 Å². The van der Waals surface area contributed by atoms with E-state index in [0.717, 1.165) is 0 Å². The number of carbonyl (C=O) groups is 1. The minimum Gasteiger partial charge on any atom is -0.342 e. The molecular weight excluding hydrogens is 115 g/mol. The molecule has 0 aliphatic carbocycles. The fraction of sp³-hybridized carbons (Fsp3) is 0. The quantitative estimate of drug-likeness (QED) is 0.344. The lowest BCUT2D eigenvalue weighted by molar-refractivity contribution is -0.145. The highest BCUT2D eigenvalue weighted by Crippen LogP contribution is 2.17. The standard InChI is InChI=1S/C3H3O3P/c4-3-1-2-5-6-7-3/h1-2,7H. The van der Waals surface area contributed by atoms with Crippen LogP contribution in [0, 0.1) is 0 Å². The molecule has 0 spiro atoms. The molecule has 0 N–H and O–H groups in total. The van der Waals surface area contributed by atoms with E-state index in [1.807, 2.05) is 0 Å². The van der Waals surface area contributed by atoms with Crippen LogP contribution in [-0.2, 0) is 14.4 Å². The molecule has 0 aromatic carbocycles. The maximum Gasteiger partial charge on any atom is 0.208 e. The molecule has 0 saturated heterocycles. The summed E-state index contributed by atoms with van der Waals surface area (Å²) in [4.78, 5) is 14.4. The molecule has 0 radical (unpaired) electrons. The Bertz CT molecular complexity index is 109. The first kappa shape index (κ1) is 4.75. The Morgan fingerprint density at radius 2 is 2.57 bits per heavy atom. The first-order chi connectivity index (χ1) is 3.39. The molecule has 38 valence electrons. The van der Waals surface area contributed by atoms with Crippen LogP contribution in [0.25, 0.3) is 0 Å². The average molecular weight is 118 g/mol. The summed E-state index contributed by atoms with van der Waals surface area (Å²) >= 11 is 0. The topological polar surface area (TPSA) is 35.5 Å². The van der Waals surface area contributed by atoms with Crippen LogP contribution < -0.4 is 0 Å². The zero-order chi connectivity index (χ0) is 5.11. The lowest BCUT2D eigenvalue weighted by atomic mass is 10.7. The van der Waals surface area contributed by atoms with Gasteiger partial charge in [0.2, 0.25) is 5.52 Å². The normalized spacial score (nSPS) is 22.6. The summed E-state index contributed by atoms with van der Waals surface area (Å²) in [7, 11) is -0.172. The lowest BCUT2D eigenvalue weighted by Gasteiger charge is -1.99. The van der Waals surface area contributed by atoms with Crippen LogP contribution in [0.1, 0.15) is 0 Å². The van der Waals surface area contributed by atoms with Crippen LogP contribution in [-0.4, -0.2) is 5.52 Å². The first-order valence-electron chi connectivity index (χ1n) is 1.68. The monoisotopic (exact) mass is 118 g/mol. The Balaban J connectivity index is 2.51. The molecule has 1 rings (SSSR count). The number of hydrogen-bond donors (Lipinski definition) is 0. The van der Waals surface area contributed by atoms with E-state index < -0.39 is 0 Å². The fourth-order valence-electron chi connectivity index (χ4n) is 0.216. The van der Waals surface area contributed by atoms with Crippen LogP contribution in [0.2, 0.25) is 0 Å². The highest BCUT2D eigenvalue weighted by Gasteiger charge is 2.01. The molecule has 7 heavy (non-hydrogen) atoms. The van der Waals surface area contributed by atoms with Gasteiger partial charge in [0.05, 0.1) is 0 Å². The molecule has 0 aromatic heterocycles. The van der Waals surface area contributed by atoms with Crippen molar-refractivity contribution in [1.29, 1.82) is 0 Å². The maximum absolute atomic E-state index is 10.2. The summed E-state index contributed by atoms with van der Waals surface area (Å²) in [6.07, 6.45) is 2.56. The molecule has 4 heteroatoms. The van der Waals surface area contributed by atoms with Gasteiger partial charge in [-0.15, -0.1) is 0 Å². The molecule has 1 heterocycles. The summed E-state index contributed by atoms with van der Waals surface area (Å²) < 4.78 is 4.27. The van der Waals surface area contributed by atoms with E-state index in [4.69, 9.17) is 0 Å². The van der Waals surface area contributed by atoms with Gasteiger partial charge in [-0.2, -0.15) is 4.67 Å². The second-order valence-corrected chi connectivity index (χ2v) is 1.81. The van der Waals surface area contributed by atoms with E-state index in [-0.39, 0.29) is 14.3 Å². The second-order valence-electron chi connectivity index (χ2n) is 0.949. The summed E-state index contributed by atoms with van der Waals surface area (Å²) in [6, 6.07) is 0. The number of rotatable bonds is 0. The van der Waals surface area contributed by atoms with Crippen molar-refractivity contribution >= 4 is 14.3 Å². The van der Waals surface area contributed by atoms with Gasteiger partial charge in [-0.1, -0.05) is 0 Å². The zero-order valence-electron chi connectivity index (χ0n) is 3.38. The van der Waals surface area contributed by atoms with Gasteiger partial charge in [-0.05, 0) is 0 Å². The Hall–Kier alpha value is -0.400. The number of allylic oxidation sites excluding steroid dienone is 1. The Morgan fingerprint density at radius 1 is 1.71 bits per heavy atom. The third kappa shape index (κ3) is 1.26. The van der Waals surface area contributed by atoms with E-state index in [1.54, 1.807) is 0 Å². The SMILES string of the molecule is O=C1C=COOP1. The van der Waals surface area contributed by atoms with Gasteiger partial charge in [0.1, 0.15) is 15.1 Å². The Kier molecular flexibility index (Phi) is 1.39. The average Bonchev–Trinajstić information content (AvgIpc) is 1.69. The van der Waals surface area contributed by atoms with E-state index in [2.05, 4.69) is 9.56 Å². The van der Waals surface area contributed by atoms with Gasteiger partial charge >= 0.3 is 0 Å². The molecule has 0 saturated carbocycles. The molecule has 3 nitrogen and oxygen atoms in total. The summed E-state index contributed by atoms with van der Waals surface area (Å²) in [5.74, 6) is 0. The number of hydrogen-bond acceptors (Lipinski definition) is 3.